The topological polar surface area (TPSA) is 67.3 Å². The molecular weight excluding hydrogens is 304 g/mol. The number of para-hydroxylation sites is 1. The number of hydrogen-bond acceptors (Lipinski definition) is 6. The van der Waals surface area contributed by atoms with Crippen molar-refractivity contribution >= 4 is 23.4 Å². The van der Waals surface area contributed by atoms with Crippen LogP contribution in [0.25, 0.3) is 0 Å². The summed E-state index contributed by atoms with van der Waals surface area (Å²) in [6, 6.07) is 9.15. The molecule has 2 aromatic rings. The van der Waals surface area contributed by atoms with E-state index in [0.717, 1.165) is 18.9 Å². The molecule has 6 nitrogen and oxygen atoms in total. The van der Waals surface area contributed by atoms with Crippen molar-refractivity contribution in [3.63, 3.8) is 0 Å². The van der Waals surface area contributed by atoms with Gasteiger partial charge in [0.1, 0.15) is 5.82 Å². The summed E-state index contributed by atoms with van der Waals surface area (Å²) >= 11 is 0. The van der Waals surface area contributed by atoms with Crippen LogP contribution in [0.15, 0.2) is 36.5 Å². The highest BCUT2D eigenvalue weighted by atomic mass is 16.5. The maximum Gasteiger partial charge on any atom is 0.340 e. The Bertz CT molecular complexity index is 699. The second kappa shape index (κ2) is 7.77. The molecule has 2 heterocycles. The summed E-state index contributed by atoms with van der Waals surface area (Å²) in [6.07, 6.45) is 5.41. The molecule has 0 bridgehead atoms. The van der Waals surface area contributed by atoms with Gasteiger partial charge in [-0.15, -0.1) is 0 Å². The van der Waals surface area contributed by atoms with Gasteiger partial charge in [-0.1, -0.05) is 12.1 Å². The Kier molecular flexibility index (Phi) is 5.25. The first kappa shape index (κ1) is 16.2. The van der Waals surface area contributed by atoms with Gasteiger partial charge in [0.25, 0.3) is 0 Å². The Morgan fingerprint density at radius 1 is 1.21 bits per heavy atom. The van der Waals surface area contributed by atoms with Crippen molar-refractivity contribution in [2.45, 2.75) is 26.2 Å². The van der Waals surface area contributed by atoms with Gasteiger partial charge in [-0.3, -0.25) is 0 Å². The SMILES string of the molecule is CCOC(=O)c1ccccc1Nc1nccc(N2CCCCC2)n1. The van der Waals surface area contributed by atoms with E-state index in [1.165, 1.54) is 19.3 Å². The molecule has 1 aliphatic heterocycles. The second-order valence-electron chi connectivity index (χ2n) is 5.68. The van der Waals surface area contributed by atoms with Gasteiger partial charge in [-0.2, -0.15) is 4.98 Å². The molecule has 6 heteroatoms. The van der Waals surface area contributed by atoms with E-state index in [0.29, 0.717) is 23.8 Å². The number of esters is 1. The third-order valence-corrected chi connectivity index (χ3v) is 3.99. The number of aromatic nitrogens is 2. The van der Waals surface area contributed by atoms with E-state index < -0.39 is 0 Å². The monoisotopic (exact) mass is 326 g/mol. The Hall–Kier alpha value is -2.63. The number of carbonyl (C=O) groups excluding carboxylic acids is 1. The highest BCUT2D eigenvalue weighted by Crippen LogP contribution is 2.22. The summed E-state index contributed by atoms with van der Waals surface area (Å²) < 4.78 is 5.10. The maximum absolute atomic E-state index is 12.1. The van der Waals surface area contributed by atoms with Crippen molar-refractivity contribution < 1.29 is 9.53 Å². The number of rotatable bonds is 5. The molecule has 126 valence electrons. The fourth-order valence-corrected chi connectivity index (χ4v) is 2.81. The van der Waals surface area contributed by atoms with Gasteiger partial charge in [0.15, 0.2) is 0 Å². The normalized spacial score (nSPS) is 14.3. The van der Waals surface area contributed by atoms with Crippen molar-refractivity contribution in [3.05, 3.63) is 42.1 Å². The van der Waals surface area contributed by atoms with Gasteiger partial charge in [0.2, 0.25) is 5.95 Å². The van der Waals surface area contributed by atoms with Crippen LogP contribution in [0, 0.1) is 0 Å². The van der Waals surface area contributed by atoms with Crippen LogP contribution in [0.3, 0.4) is 0 Å². The summed E-state index contributed by atoms with van der Waals surface area (Å²) in [5, 5.41) is 3.14. The minimum atomic E-state index is -0.354. The molecular formula is C18H22N4O2. The number of benzene rings is 1. The zero-order chi connectivity index (χ0) is 16.8. The molecule has 0 amide bonds. The van der Waals surface area contributed by atoms with E-state index in [9.17, 15) is 4.79 Å². The minimum absolute atomic E-state index is 0.341. The van der Waals surface area contributed by atoms with Crippen LogP contribution in [0.2, 0.25) is 0 Å². The van der Waals surface area contributed by atoms with E-state index in [4.69, 9.17) is 4.74 Å². The summed E-state index contributed by atoms with van der Waals surface area (Å²) in [5.41, 5.74) is 1.12. The number of nitrogens with zero attached hydrogens (tertiary/aromatic N) is 3. The predicted molar refractivity (Wildman–Crippen MR) is 93.8 cm³/mol. The fraction of sp³-hybridized carbons (Fsp3) is 0.389. The van der Waals surface area contributed by atoms with E-state index in [2.05, 4.69) is 20.2 Å². The molecule has 1 fully saturated rings. The van der Waals surface area contributed by atoms with Crippen LogP contribution in [0.4, 0.5) is 17.5 Å². The first-order chi connectivity index (χ1) is 11.8. The van der Waals surface area contributed by atoms with E-state index in [1.54, 1.807) is 19.2 Å². The number of anilines is 3. The lowest BCUT2D eigenvalue weighted by molar-refractivity contribution is 0.0527. The predicted octanol–water partition coefficient (Wildman–Crippen LogP) is 3.39. The molecule has 1 saturated heterocycles. The van der Waals surface area contributed by atoms with E-state index in [1.807, 2.05) is 24.3 Å². The van der Waals surface area contributed by atoms with Crippen molar-refractivity contribution in [3.8, 4) is 0 Å². The summed E-state index contributed by atoms with van der Waals surface area (Å²) in [6.45, 7) is 4.18. The highest BCUT2D eigenvalue weighted by molar-refractivity contribution is 5.96. The number of piperidine rings is 1. The molecule has 0 spiro atoms. The van der Waals surface area contributed by atoms with Gasteiger partial charge < -0.3 is 15.0 Å². The van der Waals surface area contributed by atoms with E-state index in [-0.39, 0.29) is 5.97 Å². The van der Waals surface area contributed by atoms with Crippen molar-refractivity contribution in [1.29, 1.82) is 0 Å². The molecule has 0 aliphatic carbocycles. The molecule has 0 unspecified atom stereocenters. The molecule has 0 atom stereocenters. The lowest BCUT2D eigenvalue weighted by Crippen LogP contribution is -2.30. The van der Waals surface area contributed by atoms with E-state index >= 15 is 0 Å². The average Bonchev–Trinajstić information content (AvgIpc) is 2.63. The number of carbonyl (C=O) groups is 1. The zero-order valence-corrected chi connectivity index (χ0v) is 13.9. The molecule has 1 aromatic heterocycles. The van der Waals surface area contributed by atoms with Crippen LogP contribution >= 0.6 is 0 Å². The van der Waals surface area contributed by atoms with Crippen LogP contribution < -0.4 is 10.2 Å². The summed E-state index contributed by atoms with van der Waals surface area (Å²) in [7, 11) is 0. The van der Waals surface area contributed by atoms with Gasteiger partial charge >= 0.3 is 5.97 Å². The Balaban J connectivity index is 1.80. The number of ether oxygens (including phenoxy) is 1. The summed E-state index contributed by atoms with van der Waals surface area (Å²) in [5.74, 6) is 1.04. The molecule has 0 saturated carbocycles. The Morgan fingerprint density at radius 2 is 2.00 bits per heavy atom. The molecule has 1 N–H and O–H groups in total. The fourth-order valence-electron chi connectivity index (χ4n) is 2.81. The zero-order valence-electron chi connectivity index (χ0n) is 13.9. The third kappa shape index (κ3) is 3.82. The van der Waals surface area contributed by atoms with Crippen molar-refractivity contribution in [2.75, 3.05) is 29.9 Å². The van der Waals surface area contributed by atoms with Gasteiger partial charge in [-0.05, 0) is 44.4 Å². The molecule has 24 heavy (non-hydrogen) atoms. The smallest absolute Gasteiger partial charge is 0.340 e. The first-order valence-electron chi connectivity index (χ1n) is 8.39. The Morgan fingerprint density at radius 3 is 2.79 bits per heavy atom. The quantitative estimate of drug-likeness (QED) is 0.850. The summed E-state index contributed by atoms with van der Waals surface area (Å²) in [4.78, 5) is 23.2. The highest BCUT2D eigenvalue weighted by Gasteiger charge is 2.15. The maximum atomic E-state index is 12.1. The standard InChI is InChI=1S/C18H22N4O2/c1-2-24-17(23)14-8-4-5-9-15(14)20-18-19-11-10-16(21-18)22-12-6-3-7-13-22/h4-5,8-11H,2-3,6-7,12-13H2,1H3,(H,19,20,21). The van der Waals surface area contributed by atoms with Crippen LogP contribution in [-0.4, -0.2) is 35.6 Å². The minimum Gasteiger partial charge on any atom is -0.462 e. The molecule has 3 rings (SSSR count). The van der Waals surface area contributed by atoms with Gasteiger partial charge in [-0.25, -0.2) is 9.78 Å². The lowest BCUT2D eigenvalue weighted by Gasteiger charge is -2.27. The van der Waals surface area contributed by atoms with Crippen molar-refractivity contribution in [1.82, 2.24) is 9.97 Å². The lowest BCUT2D eigenvalue weighted by atomic mass is 10.1. The van der Waals surface area contributed by atoms with Gasteiger partial charge in [0, 0.05) is 19.3 Å². The van der Waals surface area contributed by atoms with Gasteiger partial charge in [0.05, 0.1) is 17.9 Å². The number of hydrogen-bond donors (Lipinski definition) is 1. The van der Waals surface area contributed by atoms with Crippen molar-refractivity contribution in [2.24, 2.45) is 0 Å². The Labute approximate surface area is 141 Å². The van der Waals surface area contributed by atoms with Crippen LogP contribution in [0.5, 0.6) is 0 Å². The average molecular weight is 326 g/mol. The van der Waals surface area contributed by atoms with Crippen LogP contribution in [-0.2, 0) is 4.74 Å². The molecule has 1 aromatic carbocycles. The third-order valence-electron chi connectivity index (χ3n) is 3.99. The number of nitrogens with one attached hydrogen (secondary N) is 1. The largest absolute Gasteiger partial charge is 0.462 e. The second-order valence-corrected chi connectivity index (χ2v) is 5.68. The van der Waals surface area contributed by atoms with Crippen LogP contribution in [0.1, 0.15) is 36.5 Å². The molecule has 1 aliphatic rings. The molecule has 0 radical (unpaired) electrons. The first-order valence-corrected chi connectivity index (χ1v) is 8.39.